The van der Waals surface area contributed by atoms with E-state index < -0.39 is 0 Å². The summed E-state index contributed by atoms with van der Waals surface area (Å²) in [5, 5.41) is 0. The van der Waals surface area contributed by atoms with Crippen molar-refractivity contribution in [2.45, 2.75) is 18.8 Å². The van der Waals surface area contributed by atoms with Crippen molar-refractivity contribution in [3.8, 4) is 0 Å². The van der Waals surface area contributed by atoms with E-state index in [-0.39, 0.29) is 0 Å². The van der Waals surface area contributed by atoms with E-state index in [9.17, 15) is 0 Å². The Morgan fingerprint density at radius 2 is 2.25 bits per heavy atom. The van der Waals surface area contributed by atoms with E-state index in [0.717, 1.165) is 5.92 Å². The van der Waals surface area contributed by atoms with Crippen molar-refractivity contribution in [2.75, 3.05) is 12.0 Å². The second kappa shape index (κ2) is 3.53. The minimum Gasteiger partial charge on any atom is -0.165 e. The van der Waals surface area contributed by atoms with E-state index in [4.69, 9.17) is 0 Å². The highest BCUT2D eigenvalue weighted by atomic mass is 32.2. The zero-order chi connectivity index (χ0) is 8.39. The van der Waals surface area contributed by atoms with Gasteiger partial charge in [0.1, 0.15) is 0 Å². The van der Waals surface area contributed by atoms with E-state index in [1.807, 2.05) is 11.8 Å². The topological polar surface area (TPSA) is 0 Å². The van der Waals surface area contributed by atoms with Crippen LogP contribution < -0.4 is 0 Å². The van der Waals surface area contributed by atoms with E-state index >= 15 is 0 Å². The van der Waals surface area contributed by atoms with Crippen LogP contribution in [0.1, 0.15) is 23.5 Å². The van der Waals surface area contributed by atoms with Gasteiger partial charge in [-0.3, -0.25) is 0 Å². The lowest BCUT2D eigenvalue weighted by Gasteiger charge is -2.08. The van der Waals surface area contributed by atoms with Gasteiger partial charge in [-0.15, -0.1) is 0 Å². The van der Waals surface area contributed by atoms with Gasteiger partial charge in [-0.1, -0.05) is 24.3 Å². The molecule has 1 aromatic carbocycles. The largest absolute Gasteiger partial charge is 0.165 e. The molecule has 0 radical (unpaired) electrons. The molecule has 1 heteroatoms. The summed E-state index contributed by atoms with van der Waals surface area (Å²) in [6.45, 7) is 0. The van der Waals surface area contributed by atoms with E-state index in [1.54, 1.807) is 11.1 Å². The SMILES string of the molecule is CSCC1CCc2ccccc21. The Hall–Kier alpha value is -0.430. The van der Waals surface area contributed by atoms with Crippen LogP contribution in [0.2, 0.25) is 0 Å². The summed E-state index contributed by atoms with van der Waals surface area (Å²) in [5.74, 6) is 2.12. The molecule has 1 aliphatic rings. The third-order valence-electron chi connectivity index (χ3n) is 2.62. The summed E-state index contributed by atoms with van der Waals surface area (Å²) in [5.41, 5.74) is 3.18. The van der Waals surface area contributed by atoms with Crippen molar-refractivity contribution in [1.29, 1.82) is 0 Å². The molecule has 0 nitrogen and oxygen atoms in total. The van der Waals surface area contributed by atoms with E-state index in [0.29, 0.717) is 0 Å². The van der Waals surface area contributed by atoms with Gasteiger partial charge >= 0.3 is 0 Å². The molecule has 0 aliphatic heterocycles. The van der Waals surface area contributed by atoms with Gasteiger partial charge in [0.2, 0.25) is 0 Å². The smallest absolute Gasteiger partial charge is 0.000109 e. The van der Waals surface area contributed by atoms with Crippen molar-refractivity contribution in [3.63, 3.8) is 0 Å². The lowest BCUT2D eigenvalue weighted by Crippen LogP contribution is -1.95. The Bertz CT molecular complexity index is 265. The quantitative estimate of drug-likeness (QED) is 0.670. The molecule has 0 bridgehead atoms. The first-order chi connectivity index (χ1) is 5.92. The molecule has 1 aliphatic carbocycles. The maximum atomic E-state index is 2.29. The third kappa shape index (κ3) is 1.38. The van der Waals surface area contributed by atoms with Gasteiger partial charge in [-0.25, -0.2) is 0 Å². The van der Waals surface area contributed by atoms with Crippen molar-refractivity contribution in [1.82, 2.24) is 0 Å². The minimum absolute atomic E-state index is 0.830. The van der Waals surface area contributed by atoms with Gasteiger partial charge in [-0.2, -0.15) is 11.8 Å². The Balaban J connectivity index is 2.24. The van der Waals surface area contributed by atoms with Crippen molar-refractivity contribution in [3.05, 3.63) is 35.4 Å². The van der Waals surface area contributed by atoms with Gasteiger partial charge in [0, 0.05) is 0 Å². The zero-order valence-electron chi connectivity index (χ0n) is 7.42. The van der Waals surface area contributed by atoms with Crippen LogP contribution in [0, 0.1) is 0 Å². The Morgan fingerprint density at radius 3 is 3.08 bits per heavy atom. The molecule has 0 heterocycles. The fraction of sp³-hybridized carbons (Fsp3) is 0.455. The normalized spacial score (nSPS) is 20.9. The van der Waals surface area contributed by atoms with Crippen LogP contribution in [-0.2, 0) is 6.42 Å². The summed E-state index contributed by atoms with van der Waals surface area (Å²) in [7, 11) is 0. The van der Waals surface area contributed by atoms with E-state index in [1.165, 1.54) is 18.6 Å². The predicted octanol–water partition coefficient (Wildman–Crippen LogP) is 3.08. The van der Waals surface area contributed by atoms with Gasteiger partial charge in [0.25, 0.3) is 0 Å². The molecule has 0 amide bonds. The molecule has 64 valence electrons. The van der Waals surface area contributed by atoms with Crippen LogP contribution in [-0.4, -0.2) is 12.0 Å². The first-order valence-electron chi connectivity index (χ1n) is 4.48. The highest BCUT2D eigenvalue weighted by molar-refractivity contribution is 7.98. The summed E-state index contributed by atoms with van der Waals surface area (Å²) < 4.78 is 0. The van der Waals surface area contributed by atoms with Crippen LogP contribution in [0.5, 0.6) is 0 Å². The molecule has 12 heavy (non-hydrogen) atoms. The fourth-order valence-electron chi connectivity index (χ4n) is 2.02. The number of fused-ring (bicyclic) bond motifs is 1. The Kier molecular flexibility index (Phi) is 2.40. The first kappa shape index (κ1) is 8.18. The standard InChI is InChI=1S/C11H14S/c1-12-8-10-7-6-9-4-2-3-5-11(9)10/h2-5,10H,6-8H2,1H3. The molecule has 0 N–H and O–H groups in total. The van der Waals surface area contributed by atoms with Gasteiger partial charge in [0.15, 0.2) is 0 Å². The van der Waals surface area contributed by atoms with Crippen LogP contribution in [0.3, 0.4) is 0 Å². The zero-order valence-corrected chi connectivity index (χ0v) is 8.23. The second-order valence-electron chi connectivity index (χ2n) is 3.39. The monoisotopic (exact) mass is 178 g/mol. The average Bonchev–Trinajstić information content (AvgIpc) is 2.50. The maximum Gasteiger partial charge on any atom is -0.000109 e. The van der Waals surface area contributed by atoms with Crippen LogP contribution in [0.15, 0.2) is 24.3 Å². The summed E-state index contributed by atoms with van der Waals surface area (Å²) >= 11 is 1.96. The fourth-order valence-corrected chi connectivity index (χ4v) is 2.77. The molecule has 1 atom stereocenters. The number of rotatable bonds is 2. The first-order valence-corrected chi connectivity index (χ1v) is 5.88. The second-order valence-corrected chi connectivity index (χ2v) is 4.30. The molecule has 0 saturated carbocycles. The predicted molar refractivity (Wildman–Crippen MR) is 55.9 cm³/mol. The van der Waals surface area contributed by atoms with Crippen molar-refractivity contribution >= 4 is 11.8 Å². The lowest BCUT2D eigenvalue weighted by molar-refractivity contribution is 0.758. The number of thioether (sulfide) groups is 1. The molecule has 0 saturated heterocycles. The third-order valence-corrected chi connectivity index (χ3v) is 3.36. The molecule has 1 unspecified atom stereocenters. The summed E-state index contributed by atoms with van der Waals surface area (Å²) in [6.07, 6.45) is 4.85. The maximum absolute atomic E-state index is 2.29. The Morgan fingerprint density at radius 1 is 1.42 bits per heavy atom. The molecule has 0 fully saturated rings. The number of aryl methyl sites for hydroxylation is 1. The molecule has 2 rings (SSSR count). The summed E-state index contributed by atoms with van der Waals surface area (Å²) in [6, 6.07) is 8.89. The van der Waals surface area contributed by atoms with Gasteiger partial charge < -0.3 is 0 Å². The molecule has 1 aromatic rings. The van der Waals surface area contributed by atoms with E-state index in [2.05, 4.69) is 30.5 Å². The molecular formula is C11H14S. The highest BCUT2D eigenvalue weighted by Crippen LogP contribution is 2.34. The lowest BCUT2D eigenvalue weighted by atomic mass is 10.0. The number of benzene rings is 1. The molecule has 0 spiro atoms. The summed E-state index contributed by atoms with van der Waals surface area (Å²) in [4.78, 5) is 0. The van der Waals surface area contributed by atoms with Gasteiger partial charge in [-0.05, 0) is 41.9 Å². The van der Waals surface area contributed by atoms with Crippen molar-refractivity contribution < 1.29 is 0 Å². The van der Waals surface area contributed by atoms with Crippen LogP contribution >= 0.6 is 11.8 Å². The number of hydrogen-bond donors (Lipinski definition) is 0. The molecular weight excluding hydrogens is 164 g/mol. The van der Waals surface area contributed by atoms with Crippen molar-refractivity contribution in [2.24, 2.45) is 0 Å². The number of hydrogen-bond acceptors (Lipinski definition) is 1. The molecule has 0 aromatic heterocycles. The minimum atomic E-state index is 0.830. The van der Waals surface area contributed by atoms with Crippen LogP contribution in [0.25, 0.3) is 0 Å². The Labute approximate surface area is 78.4 Å². The highest BCUT2D eigenvalue weighted by Gasteiger charge is 2.20. The van der Waals surface area contributed by atoms with Crippen LogP contribution in [0.4, 0.5) is 0 Å². The average molecular weight is 178 g/mol. The van der Waals surface area contributed by atoms with Gasteiger partial charge in [0.05, 0.1) is 0 Å².